The summed E-state index contributed by atoms with van der Waals surface area (Å²) in [6.07, 6.45) is 40.1. The second kappa shape index (κ2) is 41.5. The summed E-state index contributed by atoms with van der Waals surface area (Å²) in [5.74, 6) is -0.658. The fourth-order valence-electron chi connectivity index (χ4n) is 7.38. The number of carbonyl (C=O) groups excluding carboxylic acids is 4. The number of rotatable bonds is 44. The average Bonchev–Trinajstić information content (AvgIpc) is 3.16. The molecule has 55 heavy (non-hydrogen) atoms. The van der Waals surface area contributed by atoms with Crippen molar-refractivity contribution < 1.29 is 19.2 Å². The van der Waals surface area contributed by atoms with Crippen LogP contribution in [0.3, 0.4) is 0 Å². The van der Waals surface area contributed by atoms with Crippen LogP contribution in [0.25, 0.3) is 0 Å². The van der Waals surface area contributed by atoms with Gasteiger partial charge in [-0.05, 0) is 12.8 Å². The maximum absolute atomic E-state index is 13.4. The molecule has 0 aromatic heterocycles. The van der Waals surface area contributed by atoms with E-state index in [1.54, 1.807) is 0 Å². The fraction of sp³-hybridized carbons (Fsp3) is 0.913. The monoisotopic (exact) mass is 778 g/mol. The van der Waals surface area contributed by atoms with Crippen molar-refractivity contribution in [2.75, 3.05) is 39.3 Å². The number of primary amides is 2. The smallest absolute Gasteiger partial charge is 0.222 e. The highest BCUT2D eigenvalue weighted by molar-refractivity contribution is 5.77. The van der Waals surface area contributed by atoms with Crippen LogP contribution < -0.4 is 16.8 Å². The number of nitrogens with zero attached hydrogens (tertiary/aromatic N) is 2. The molecule has 0 rings (SSSR count). The summed E-state index contributed by atoms with van der Waals surface area (Å²) in [4.78, 5) is 52.7. The topological polar surface area (TPSA) is 139 Å². The average molecular weight is 778 g/mol. The second-order valence-electron chi connectivity index (χ2n) is 16.4. The van der Waals surface area contributed by atoms with Crippen LogP contribution >= 0.6 is 0 Å². The lowest BCUT2D eigenvalue weighted by molar-refractivity contribution is -0.132. The summed E-state index contributed by atoms with van der Waals surface area (Å²) < 4.78 is 0. The summed E-state index contributed by atoms with van der Waals surface area (Å²) in [6, 6.07) is 0. The molecule has 0 saturated heterocycles. The number of nitrogens with one attached hydrogen (secondary N) is 1. The zero-order valence-electron chi connectivity index (χ0n) is 36.5. The van der Waals surface area contributed by atoms with E-state index in [0.29, 0.717) is 52.1 Å². The van der Waals surface area contributed by atoms with Crippen molar-refractivity contribution in [3.63, 3.8) is 0 Å². The van der Waals surface area contributed by atoms with Gasteiger partial charge in [0.05, 0.1) is 0 Å². The van der Waals surface area contributed by atoms with Gasteiger partial charge in [0.25, 0.3) is 0 Å². The molecule has 0 fully saturated rings. The van der Waals surface area contributed by atoms with Crippen LogP contribution in [0.15, 0.2) is 0 Å². The van der Waals surface area contributed by atoms with Gasteiger partial charge in [0.15, 0.2) is 0 Å². The van der Waals surface area contributed by atoms with Crippen LogP contribution in [0, 0.1) is 0 Å². The van der Waals surface area contributed by atoms with E-state index in [0.717, 1.165) is 32.1 Å². The maximum atomic E-state index is 13.4. The molecular weight excluding hydrogens is 687 g/mol. The summed E-state index contributed by atoms with van der Waals surface area (Å²) >= 11 is 0. The van der Waals surface area contributed by atoms with E-state index in [2.05, 4.69) is 19.2 Å². The van der Waals surface area contributed by atoms with Gasteiger partial charge in [0.2, 0.25) is 23.6 Å². The number of carbonyl (C=O) groups is 4. The molecule has 0 atom stereocenters. The number of amides is 4. The molecule has 0 spiro atoms. The second-order valence-corrected chi connectivity index (χ2v) is 16.4. The fourth-order valence-corrected chi connectivity index (χ4v) is 7.38. The van der Waals surface area contributed by atoms with Crippen LogP contribution in [0.5, 0.6) is 0 Å². The van der Waals surface area contributed by atoms with E-state index < -0.39 is 11.8 Å². The van der Waals surface area contributed by atoms with Crippen LogP contribution in [0.2, 0.25) is 0 Å². The molecular formula is C46H91N5O4. The first-order valence-electron chi connectivity index (χ1n) is 23.6. The van der Waals surface area contributed by atoms with E-state index in [1.807, 2.05) is 9.80 Å². The van der Waals surface area contributed by atoms with Crippen LogP contribution in [-0.2, 0) is 19.2 Å². The Hall–Kier alpha value is -2.16. The molecule has 0 radical (unpaired) electrons. The standard InChI is InChI=1S/C46H91N5O4/c1-3-5-7-9-11-13-15-17-19-21-23-25-27-29-31-33-45(54)49-37-40-51(42-41-50(38-35-43(47)52)39-36-44(48)53)46(55)34-32-30-28-26-24-22-20-18-16-14-12-10-8-6-4-2/h3-42H2,1-2H3,(H2,47,52)(H2,48,53)(H,49,54). The molecule has 0 aliphatic carbocycles. The first-order chi connectivity index (χ1) is 26.8. The molecule has 0 bridgehead atoms. The highest BCUT2D eigenvalue weighted by atomic mass is 16.2. The lowest BCUT2D eigenvalue weighted by Gasteiger charge is -2.28. The van der Waals surface area contributed by atoms with E-state index >= 15 is 0 Å². The lowest BCUT2D eigenvalue weighted by Crippen LogP contribution is -2.43. The molecule has 5 N–H and O–H groups in total. The van der Waals surface area contributed by atoms with Crippen molar-refractivity contribution in [1.29, 1.82) is 0 Å². The number of hydrogen-bond donors (Lipinski definition) is 3. The van der Waals surface area contributed by atoms with E-state index in [4.69, 9.17) is 11.5 Å². The molecule has 9 nitrogen and oxygen atoms in total. The van der Waals surface area contributed by atoms with Gasteiger partial charge in [-0.3, -0.25) is 19.2 Å². The first kappa shape index (κ1) is 52.8. The third-order valence-corrected chi connectivity index (χ3v) is 11.1. The quantitative estimate of drug-likeness (QED) is 0.0529. The Bertz CT molecular complexity index is 884. The molecule has 324 valence electrons. The maximum Gasteiger partial charge on any atom is 0.222 e. The van der Waals surface area contributed by atoms with Crippen molar-refractivity contribution >= 4 is 23.6 Å². The van der Waals surface area contributed by atoms with Gasteiger partial charge >= 0.3 is 0 Å². The van der Waals surface area contributed by atoms with Crippen molar-refractivity contribution in [1.82, 2.24) is 15.1 Å². The highest BCUT2D eigenvalue weighted by Crippen LogP contribution is 2.16. The van der Waals surface area contributed by atoms with Gasteiger partial charge in [-0.25, -0.2) is 0 Å². The molecule has 0 saturated carbocycles. The van der Waals surface area contributed by atoms with Gasteiger partial charge in [-0.15, -0.1) is 0 Å². The van der Waals surface area contributed by atoms with E-state index in [1.165, 1.54) is 161 Å². The van der Waals surface area contributed by atoms with Crippen LogP contribution in [0.4, 0.5) is 0 Å². The minimum absolute atomic E-state index is 0.0500. The minimum atomic E-state index is -0.401. The largest absolute Gasteiger partial charge is 0.370 e. The van der Waals surface area contributed by atoms with Gasteiger partial charge in [-0.1, -0.05) is 194 Å². The minimum Gasteiger partial charge on any atom is -0.370 e. The molecule has 9 heteroatoms. The Morgan fingerprint density at radius 1 is 0.382 bits per heavy atom. The molecule has 0 aliphatic rings. The molecule has 4 amide bonds. The van der Waals surface area contributed by atoms with Gasteiger partial charge in [0, 0.05) is 65.0 Å². The Kier molecular flexibility index (Phi) is 39.8. The van der Waals surface area contributed by atoms with Gasteiger partial charge in [-0.2, -0.15) is 0 Å². The normalized spacial score (nSPS) is 11.3. The third-order valence-electron chi connectivity index (χ3n) is 11.1. The highest BCUT2D eigenvalue weighted by Gasteiger charge is 2.16. The summed E-state index contributed by atoms with van der Waals surface area (Å²) in [7, 11) is 0. The van der Waals surface area contributed by atoms with Crippen molar-refractivity contribution in [2.45, 2.75) is 232 Å². The Labute approximate surface area is 340 Å². The molecule has 0 aliphatic heterocycles. The number of unbranched alkanes of at least 4 members (excludes halogenated alkanes) is 28. The van der Waals surface area contributed by atoms with E-state index in [-0.39, 0.29) is 24.7 Å². The summed E-state index contributed by atoms with van der Waals surface area (Å²) in [5.41, 5.74) is 10.8. The predicted molar refractivity (Wildman–Crippen MR) is 233 cm³/mol. The Morgan fingerprint density at radius 2 is 0.709 bits per heavy atom. The van der Waals surface area contributed by atoms with Gasteiger partial charge in [0.1, 0.15) is 0 Å². The third kappa shape index (κ3) is 39.9. The first-order valence-corrected chi connectivity index (χ1v) is 23.6. The SMILES string of the molecule is CCCCCCCCCCCCCCCCCC(=O)NCCN(CCN(CCC(N)=O)CCC(N)=O)C(=O)CCCCCCCCCCCCCCCCC. The lowest BCUT2D eigenvalue weighted by atomic mass is 10.0. The molecule has 0 aromatic rings. The molecule has 0 unspecified atom stereocenters. The zero-order chi connectivity index (χ0) is 40.5. The van der Waals surface area contributed by atoms with Crippen molar-refractivity contribution in [2.24, 2.45) is 11.5 Å². The Morgan fingerprint density at radius 3 is 1.05 bits per heavy atom. The predicted octanol–water partition coefficient (Wildman–Crippen LogP) is 10.5. The summed E-state index contributed by atoms with van der Waals surface area (Å²) in [6.45, 7) is 7.22. The molecule has 0 heterocycles. The summed E-state index contributed by atoms with van der Waals surface area (Å²) in [5, 5.41) is 3.04. The van der Waals surface area contributed by atoms with Crippen LogP contribution in [-0.4, -0.2) is 72.7 Å². The van der Waals surface area contributed by atoms with Crippen molar-refractivity contribution in [3.8, 4) is 0 Å². The van der Waals surface area contributed by atoms with Crippen LogP contribution in [0.1, 0.15) is 232 Å². The van der Waals surface area contributed by atoms with Crippen molar-refractivity contribution in [3.05, 3.63) is 0 Å². The number of nitrogens with two attached hydrogens (primary N) is 2. The Balaban J connectivity index is 4.39. The zero-order valence-corrected chi connectivity index (χ0v) is 36.5. The molecule has 0 aromatic carbocycles. The van der Waals surface area contributed by atoms with E-state index in [9.17, 15) is 19.2 Å². The van der Waals surface area contributed by atoms with Gasteiger partial charge < -0.3 is 26.6 Å². The number of hydrogen-bond acceptors (Lipinski definition) is 5.